The summed E-state index contributed by atoms with van der Waals surface area (Å²) in [7, 11) is 0. The Kier molecular flexibility index (Phi) is 6.92. The van der Waals surface area contributed by atoms with Crippen LogP contribution < -0.4 is 4.74 Å². The molecule has 2 aromatic rings. The van der Waals surface area contributed by atoms with E-state index in [1.807, 2.05) is 42.5 Å². The van der Waals surface area contributed by atoms with Gasteiger partial charge in [-0.25, -0.2) is 4.79 Å². The molecule has 0 atom stereocenters. The number of rotatable bonds is 6. The highest BCUT2D eigenvalue weighted by molar-refractivity contribution is 9.10. The molecule has 24 heavy (non-hydrogen) atoms. The van der Waals surface area contributed by atoms with Gasteiger partial charge in [0.15, 0.2) is 6.61 Å². The predicted octanol–water partition coefficient (Wildman–Crippen LogP) is 4.87. The van der Waals surface area contributed by atoms with Gasteiger partial charge < -0.3 is 9.47 Å². The largest absolute Gasteiger partial charge is 0.488 e. The van der Waals surface area contributed by atoms with E-state index in [0.29, 0.717) is 17.4 Å². The predicted molar refractivity (Wildman–Crippen MR) is 98.8 cm³/mol. The molecule has 0 radical (unpaired) electrons. The van der Waals surface area contributed by atoms with Gasteiger partial charge in [0, 0.05) is 11.1 Å². The molecule has 122 valence electrons. The van der Waals surface area contributed by atoms with Gasteiger partial charge in [-0.3, -0.25) is 0 Å². The van der Waals surface area contributed by atoms with E-state index in [-0.39, 0.29) is 6.61 Å². The average Bonchev–Trinajstić information content (AvgIpc) is 2.58. The lowest BCUT2D eigenvalue weighted by Crippen LogP contribution is -1.99. The number of benzene rings is 2. The quantitative estimate of drug-likeness (QED) is 0.391. The van der Waals surface area contributed by atoms with E-state index in [1.54, 1.807) is 6.08 Å². The number of terminal acetylenes is 1. The molecular weight excluding hydrogens is 392 g/mol. The fraction of sp³-hybridized carbons (Fsp3) is 0.105. The molecular formula is C19H14BrClO3. The topological polar surface area (TPSA) is 35.5 Å². The molecule has 0 saturated heterocycles. The zero-order valence-electron chi connectivity index (χ0n) is 12.7. The molecule has 0 aromatic heterocycles. The van der Waals surface area contributed by atoms with Crippen LogP contribution in [0.1, 0.15) is 11.1 Å². The minimum absolute atomic E-state index is 0.0374. The van der Waals surface area contributed by atoms with E-state index < -0.39 is 5.97 Å². The maximum atomic E-state index is 11.4. The van der Waals surface area contributed by atoms with Crippen LogP contribution in [0.3, 0.4) is 0 Å². The van der Waals surface area contributed by atoms with Crippen molar-refractivity contribution in [1.82, 2.24) is 0 Å². The summed E-state index contributed by atoms with van der Waals surface area (Å²) in [4.78, 5) is 11.4. The third-order valence-corrected chi connectivity index (χ3v) is 3.84. The van der Waals surface area contributed by atoms with Gasteiger partial charge in [0.05, 0.1) is 4.47 Å². The van der Waals surface area contributed by atoms with Gasteiger partial charge in [-0.2, -0.15) is 0 Å². The first-order valence-electron chi connectivity index (χ1n) is 7.03. The van der Waals surface area contributed by atoms with E-state index in [9.17, 15) is 4.79 Å². The molecule has 0 unspecified atom stereocenters. The summed E-state index contributed by atoms with van der Waals surface area (Å²) in [5.74, 6) is 2.46. The van der Waals surface area contributed by atoms with Crippen LogP contribution in [0.5, 0.6) is 5.75 Å². The first-order chi connectivity index (χ1) is 11.6. The minimum Gasteiger partial charge on any atom is -0.488 e. The van der Waals surface area contributed by atoms with Crippen molar-refractivity contribution in [3.8, 4) is 18.1 Å². The van der Waals surface area contributed by atoms with Crippen molar-refractivity contribution in [1.29, 1.82) is 0 Å². The molecule has 0 amide bonds. The van der Waals surface area contributed by atoms with E-state index >= 15 is 0 Å². The van der Waals surface area contributed by atoms with Gasteiger partial charge in [-0.1, -0.05) is 35.7 Å². The summed E-state index contributed by atoms with van der Waals surface area (Å²) in [5.41, 5.74) is 1.85. The second-order valence-corrected chi connectivity index (χ2v) is 6.04. The Hall–Kier alpha value is -2.22. The number of hydrogen-bond acceptors (Lipinski definition) is 3. The second kappa shape index (κ2) is 9.17. The maximum Gasteiger partial charge on any atom is 0.331 e. The van der Waals surface area contributed by atoms with Gasteiger partial charge in [0.1, 0.15) is 12.4 Å². The van der Waals surface area contributed by atoms with Crippen LogP contribution in [0.2, 0.25) is 5.02 Å². The van der Waals surface area contributed by atoms with Crippen LogP contribution in [0, 0.1) is 12.3 Å². The molecule has 0 fully saturated rings. The summed E-state index contributed by atoms with van der Waals surface area (Å²) in [6.07, 6.45) is 7.99. The van der Waals surface area contributed by atoms with Crippen molar-refractivity contribution >= 4 is 39.6 Å². The van der Waals surface area contributed by atoms with Gasteiger partial charge in [0.25, 0.3) is 0 Å². The molecule has 0 aliphatic heterocycles. The van der Waals surface area contributed by atoms with Crippen molar-refractivity contribution in [3.63, 3.8) is 0 Å². The first kappa shape index (κ1) is 18.1. The third-order valence-electron chi connectivity index (χ3n) is 2.97. The van der Waals surface area contributed by atoms with Crippen LogP contribution in [0.4, 0.5) is 0 Å². The van der Waals surface area contributed by atoms with Crippen LogP contribution in [-0.4, -0.2) is 12.6 Å². The highest BCUT2D eigenvalue weighted by Crippen LogP contribution is 2.27. The van der Waals surface area contributed by atoms with Gasteiger partial charge in [-0.05, 0) is 57.4 Å². The molecule has 0 heterocycles. The molecule has 0 N–H and O–H groups in total. The highest BCUT2D eigenvalue weighted by atomic mass is 79.9. The lowest BCUT2D eigenvalue weighted by Gasteiger charge is -2.09. The van der Waals surface area contributed by atoms with Gasteiger partial charge in [-0.15, -0.1) is 6.42 Å². The molecule has 0 bridgehead atoms. The molecule has 3 nitrogen and oxygen atoms in total. The summed E-state index contributed by atoms with van der Waals surface area (Å²) in [5, 5.41) is 0.692. The summed E-state index contributed by atoms with van der Waals surface area (Å²) < 4.78 is 11.3. The van der Waals surface area contributed by atoms with E-state index in [4.69, 9.17) is 27.5 Å². The maximum absolute atomic E-state index is 11.4. The molecule has 0 saturated carbocycles. The fourth-order valence-electron chi connectivity index (χ4n) is 1.80. The van der Waals surface area contributed by atoms with Crippen LogP contribution in [0.15, 0.2) is 53.0 Å². The van der Waals surface area contributed by atoms with Crippen molar-refractivity contribution < 1.29 is 14.3 Å². The monoisotopic (exact) mass is 404 g/mol. The first-order valence-corrected chi connectivity index (χ1v) is 8.20. The lowest BCUT2D eigenvalue weighted by atomic mass is 10.2. The van der Waals surface area contributed by atoms with E-state index in [0.717, 1.165) is 15.6 Å². The molecule has 5 heteroatoms. The number of carbonyl (C=O) groups excluding carboxylic acids is 1. The summed E-state index contributed by atoms with van der Waals surface area (Å²) in [6.45, 7) is 0.397. The van der Waals surface area contributed by atoms with Gasteiger partial charge >= 0.3 is 5.97 Å². The smallest absolute Gasteiger partial charge is 0.331 e. The summed E-state index contributed by atoms with van der Waals surface area (Å²) >= 11 is 9.31. The molecule has 0 aliphatic rings. The zero-order valence-corrected chi connectivity index (χ0v) is 15.0. The number of ether oxygens (including phenoxy) is 2. The molecule has 2 aromatic carbocycles. The van der Waals surface area contributed by atoms with Crippen LogP contribution >= 0.6 is 27.5 Å². The number of carbonyl (C=O) groups is 1. The number of halogens is 2. The third kappa shape index (κ3) is 5.77. The Morgan fingerprint density at radius 3 is 2.67 bits per heavy atom. The number of hydrogen-bond donors (Lipinski definition) is 0. The van der Waals surface area contributed by atoms with Crippen LogP contribution in [0.25, 0.3) is 6.08 Å². The van der Waals surface area contributed by atoms with Crippen molar-refractivity contribution in [2.75, 3.05) is 6.61 Å². The van der Waals surface area contributed by atoms with Crippen LogP contribution in [-0.2, 0) is 16.1 Å². The van der Waals surface area contributed by atoms with Gasteiger partial charge in [0.2, 0.25) is 0 Å². The van der Waals surface area contributed by atoms with E-state index in [1.165, 1.54) is 6.08 Å². The molecule has 0 spiro atoms. The van der Waals surface area contributed by atoms with E-state index in [2.05, 4.69) is 21.9 Å². The summed E-state index contributed by atoms with van der Waals surface area (Å²) in [6, 6.07) is 13.0. The zero-order chi connectivity index (χ0) is 17.4. The Balaban J connectivity index is 1.96. The Morgan fingerprint density at radius 2 is 2.00 bits per heavy atom. The standard InChI is InChI=1S/C19H14BrClO3/c1-2-11-23-19(22)10-6-14-5-9-18(17(20)12-14)24-13-15-3-7-16(21)8-4-15/h1,3-10,12H,11,13H2/b10-6+. The second-order valence-electron chi connectivity index (χ2n) is 4.75. The van der Waals surface area contributed by atoms with Crippen molar-refractivity contribution in [2.24, 2.45) is 0 Å². The lowest BCUT2D eigenvalue weighted by molar-refractivity contribution is -0.136. The minimum atomic E-state index is -0.480. The molecule has 2 rings (SSSR count). The average molecular weight is 406 g/mol. The fourth-order valence-corrected chi connectivity index (χ4v) is 2.44. The molecule has 0 aliphatic carbocycles. The Labute approximate surface area is 154 Å². The Bertz CT molecular complexity index is 776. The Morgan fingerprint density at radius 1 is 1.25 bits per heavy atom. The number of esters is 1. The normalized spacial score (nSPS) is 10.4. The van der Waals surface area contributed by atoms with Crippen molar-refractivity contribution in [3.05, 3.63) is 69.2 Å². The highest BCUT2D eigenvalue weighted by Gasteiger charge is 2.03. The SMILES string of the molecule is C#CCOC(=O)/C=C/c1ccc(OCc2ccc(Cl)cc2)c(Br)c1. The van der Waals surface area contributed by atoms with Crippen molar-refractivity contribution in [2.45, 2.75) is 6.61 Å².